The van der Waals surface area contributed by atoms with Crippen LogP contribution in [0, 0.1) is 0 Å². The van der Waals surface area contributed by atoms with Crippen LogP contribution in [0.25, 0.3) is 0 Å². The molecule has 1 heterocycles. The molecule has 0 saturated heterocycles. The number of anilines is 1. The van der Waals surface area contributed by atoms with E-state index in [9.17, 15) is 4.79 Å². The molecular weight excluding hydrogens is 260 g/mol. The predicted molar refractivity (Wildman–Crippen MR) is 75.9 cm³/mol. The first-order chi connectivity index (χ1) is 9.60. The van der Waals surface area contributed by atoms with Gasteiger partial charge in [-0.1, -0.05) is 0 Å². The van der Waals surface area contributed by atoms with Gasteiger partial charge in [0.2, 0.25) is 5.95 Å². The second kappa shape index (κ2) is 8.44. The fraction of sp³-hybridized carbons (Fsp3) is 0.615. The van der Waals surface area contributed by atoms with Crippen LogP contribution in [-0.4, -0.2) is 56.8 Å². The molecule has 20 heavy (non-hydrogen) atoms. The summed E-state index contributed by atoms with van der Waals surface area (Å²) >= 11 is 0. The lowest BCUT2D eigenvalue weighted by molar-refractivity contribution is 0.0924. The first-order valence-electron chi connectivity index (χ1n) is 6.48. The summed E-state index contributed by atoms with van der Waals surface area (Å²) in [5.41, 5.74) is 1.01. The van der Waals surface area contributed by atoms with Gasteiger partial charge in [0.25, 0.3) is 5.91 Å². The smallest absolute Gasteiger partial charge is 0.254 e. The number of nitrogens with one attached hydrogen (secondary N) is 1. The molecule has 1 aromatic rings. The number of ether oxygens (including phenoxy) is 2. The Balaban J connectivity index is 2.89. The summed E-state index contributed by atoms with van der Waals surface area (Å²) in [4.78, 5) is 22.4. The molecule has 0 unspecified atom stereocenters. The highest BCUT2D eigenvalue weighted by atomic mass is 16.5. The van der Waals surface area contributed by atoms with E-state index in [-0.39, 0.29) is 12.5 Å². The average molecular weight is 282 g/mol. The molecule has 1 rings (SSSR count). The lowest BCUT2D eigenvalue weighted by atomic mass is 10.2. The van der Waals surface area contributed by atoms with E-state index >= 15 is 0 Å². The molecule has 0 aliphatic heterocycles. The van der Waals surface area contributed by atoms with Gasteiger partial charge >= 0.3 is 0 Å². The Hall–Kier alpha value is -1.73. The maximum atomic E-state index is 12.1. The summed E-state index contributed by atoms with van der Waals surface area (Å²) in [7, 11) is 5.28. The van der Waals surface area contributed by atoms with Crippen molar-refractivity contribution in [2.45, 2.75) is 13.5 Å². The molecule has 1 amide bonds. The zero-order valence-corrected chi connectivity index (χ0v) is 12.5. The summed E-state index contributed by atoms with van der Waals surface area (Å²) in [6.45, 7) is 3.65. The van der Waals surface area contributed by atoms with Gasteiger partial charge in [-0.25, -0.2) is 9.97 Å². The van der Waals surface area contributed by atoms with Crippen molar-refractivity contribution in [2.75, 3.05) is 45.9 Å². The minimum absolute atomic E-state index is 0.220. The van der Waals surface area contributed by atoms with Crippen molar-refractivity contribution in [3.05, 3.63) is 17.5 Å². The molecule has 0 spiro atoms. The molecule has 0 saturated carbocycles. The summed E-state index contributed by atoms with van der Waals surface area (Å²) in [6, 6.07) is 0. The van der Waals surface area contributed by atoms with Gasteiger partial charge in [0.1, 0.15) is 0 Å². The summed E-state index contributed by atoms with van der Waals surface area (Å²) in [5.74, 6) is 0.329. The monoisotopic (exact) mass is 282 g/mol. The van der Waals surface area contributed by atoms with Crippen molar-refractivity contribution in [3.63, 3.8) is 0 Å². The molecule has 112 valence electrons. The van der Waals surface area contributed by atoms with Gasteiger partial charge in [-0.2, -0.15) is 0 Å². The molecule has 0 radical (unpaired) electrons. The van der Waals surface area contributed by atoms with Crippen LogP contribution in [0.2, 0.25) is 0 Å². The molecule has 7 nitrogen and oxygen atoms in total. The fourth-order valence-corrected chi connectivity index (χ4v) is 1.48. The molecule has 0 atom stereocenters. The number of amides is 1. The minimum atomic E-state index is -0.220. The number of nitrogens with zero attached hydrogens (tertiary/aromatic N) is 3. The molecule has 1 N–H and O–H groups in total. The number of hydrogen-bond acceptors (Lipinski definition) is 6. The van der Waals surface area contributed by atoms with E-state index in [4.69, 9.17) is 9.47 Å². The van der Waals surface area contributed by atoms with Crippen LogP contribution in [0.15, 0.2) is 6.20 Å². The quantitative estimate of drug-likeness (QED) is 0.698. The first-order valence-corrected chi connectivity index (χ1v) is 6.48. The maximum Gasteiger partial charge on any atom is 0.254 e. The maximum absolute atomic E-state index is 12.1. The third-order valence-electron chi connectivity index (χ3n) is 2.53. The highest BCUT2D eigenvalue weighted by Crippen LogP contribution is 2.11. The normalized spacial score (nSPS) is 10.4. The Kier molecular flexibility index (Phi) is 6.89. The molecule has 0 aliphatic carbocycles. The van der Waals surface area contributed by atoms with E-state index in [0.29, 0.717) is 37.0 Å². The number of aromatic nitrogens is 2. The average Bonchev–Trinajstić information content (AvgIpc) is 2.44. The minimum Gasteiger partial charge on any atom is -0.383 e. The molecule has 0 aromatic carbocycles. The van der Waals surface area contributed by atoms with Gasteiger partial charge < -0.3 is 19.7 Å². The van der Waals surface area contributed by atoms with Crippen LogP contribution in [0.4, 0.5) is 5.95 Å². The van der Waals surface area contributed by atoms with E-state index in [0.717, 1.165) is 0 Å². The van der Waals surface area contributed by atoms with Crippen LogP contribution in [-0.2, 0) is 16.1 Å². The number of carbonyl (C=O) groups excluding carboxylic acids is 1. The van der Waals surface area contributed by atoms with Crippen molar-refractivity contribution in [1.29, 1.82) is 0 Å². The van der Waals surface area contributed by atoms with E-state index < -0.39 is 0 Å². The highest BCUT2D eigenvalue weighted by Gasteiger charge is 2.15. The third kappa shape index (κ3) is 4.75. The van der Waals surface area contributed by atoms with E-state index in [1.54, 1.807) is 12.0 Å². The predicted octanol–water partition coefficient (Wildman–Crippen LogP) is 0.455. The van der Waals surface area contributed by atoms with Crippen molar-refractivity contribution < 1.29 is 14.3 Å². The molecule has 1 aromatic heterocycles. The van der Waals surface area contributed by atoms with Crippen LogP contribution in [0.1, 0.15) is 23.0 Å². The van der Waals surface area contributed by atoms with Gasteiger partial charge in [-0.05, 0) is 6.92 Å². The Morgan fingerprint density at radius 2 is 2.20 bits per heavy atom. The fourth-order valence-electron chi connectivity index (χ4n) is 1.48. The topological polar surface area (TPSA) is 76.6 Å². The number of methoxy groups -OCH3 is 1. The second-order valence-electron chi connectivity index (χ2n) is 4.31. The SMILES string of the molecule is CCOCc1nc(N(C)C)ncc1C(=O)NCCOC. The van der Waals surface area contributed by atoms with Crippen LogP contribution in [0.3, 0.4) is 0 Å². The Morgan fingerprint density at radius 3 is 2.80 bits per heavy atom. The van der Waals surface area contributed by atoms with Gasteiger partial charge in [-0.3, -0.25) is 4.79 Å². The molecule has 0 fully saturated rings. The highest BCUT2D eigenvalue weighted by molar-refractivity contribution is 5.95. The van der Waals surface area contributed by atoms with Gasteiger partial charge in [0, 0.05) is 40.6 Å². The summed E-state index contributed by atoms with van der Waals surface area (Å²) in [5, 5.41) is 2.75. The molecule has 0 bridgehead atoms. The molecule has 7 heteroatoms. The first kappa shape index (κ1) is 16.3. The molecular formula is C13H22N4O3. The van der Waals surface area contributed by atoms with Gasteiger partial charge in [0.15, 0.2) is 0 Å². The van der Waals surface area contributed by atoms with Crippen LogP contribution >= 0.6 is 0 Å². The van der Waals surface area contributed by atoms with Crippen molar-refractivity contribution in [3.8, 4) is 0 Å². The van der Waals surface area contributed by atoms with Crippen molar-refractivity contribution in [2.24, 2.45) is 0 Å². The third-order valence-corrected chi connectivity index (χ3v) is 2.53. The molecule has 0 aliphatic rings. The lowest BCUT2D eigenvalue weighted by Crippen LogP contribution is -2.29. The number of hydrogen-bond donors (Lipinski definition) is 1. The van der Waals surface area contributed by atoms with E-state index in [2.05, 4.69) is 15.3 Å². The zero-order valence-electron chi connectivity index (χ0n) is 12.5. The van der Waals surface area contributed by atoms with Crippen LogP contribution < -0.4 is 10.2 Å². The van der Waals surface area contributed by atoms with Crippen LogP contribution in [0.5, 0.6) is 0 Å². The summed E-state index contributed by atoms with van der Waals surface area (Å²) < 4.78 is 10.3. The van der Waals surface area contributed by atoms with Gasteiger partial charge in [0.05, 0.1) is 24.5 Å². The largest absolute Gasteiger partial charge is 0.383 e. The number of carbonyl (C=O) groups is 1. The Bertz CT molecular complexity index is 438. The summed E-state index contributed by atoms with van der Waals surface area (Å²) in [6.07, 6.45) is 1.53. The standard InChI is InChI=1S/C13H22N4O3/c1-5-20-9-11-10(12(18)14-6-7-19-4)8-15-13(16-11)17(2)3/h8H,5-7,9H2,1-4H3,(H,14,18). The van der Waals surface area contributed by atoms with Crippen molar-refractivity contribution in [1.82, 2.24) is 15.3 Å². The Labute approximate surface area is 119 Å². The van der Waals surface area contributed by atoms with Crippen molar-refractivity contribution >= 4 is 11.9 Å². The van der Waals surface area contributed by atoms with E-state index in [1.807, 2.05) is 21.0 Å². The number of rotatable bonds is 8. The van der Waals surface area contributed by atoms with Gasteiger partial charge in [-0.15, -0.1) is 0 Å². The van der Waals surface area contributed by atoms with E-state index in [1.165, 1.54) is 6.20 Å². The zero-order chi connectivity index (χ0) is 15.0. The Morgan fingerprint density at radius 1 is 1.45 bits per heavy atom. The second-order valence-corrected chi connectivity index (χ2v) is 4.31. The lowest BCUT2D eigenvalue weighted by Gasteiger charge is -2.14.